The lowest BCUT2D eigenvalue weighted by molar-refractivity contribution is 0.237. The second-order valence-electron chi connectivity index (χ2n) is 5.72. The molecular formula is C13H24N2. The summed E-state index contributed by atoms with van der Waals surface area (Å²) >= 11 is 0. The highest BCUT2D eigenvalue weighted by Gasteiger charge is 2.42. The summed E-state index contributed by atoms with van der Waals surface area (Å²) in [6, 6.07) is 1.78. The van der Waals surface area contributed by atoms with Gasteiger partial charge in [0.1, 0.15) is 0 Å². The van der Waals surface area contributed by atoms with Gasteiger partial charge in [-0.25, -0.2) is 0 Å². The molecule has 3 atom stereocenters. The maximum atomic E-state index is 3.75. The zero-order chi connectivity index (χ0) is 10.3. The van der Waals surface area contributed by atoms with Gasteiger partial charge in [0.25, 0.3) is 0 Å². The number of hydrogen-bond acceptors (Lipinski definition) is 2. The third-order valence-electron chi connectivity index (χ3n) is 4.53. The van der Waals surface area contributed by atoms with Gasteiger partial charge in [0.2, 0.25) is 0 Å². The van der Waals surface area contributed by atoms with E-state index in [0.29, 0.717) is 0 Å². The largest absolute Gasteiger partial charge is 0.312 e. The standard InChI is InChI=1S/C13H24N2/c1-2-10-8-13(10)15-7-3-6-14-12(9-15)11-4-5-11/h10-14H,2-9H2,1H3. The Balaban J connectivity index is 1.57. The van der Waals surface area contributed by atoms with E-state index < -0.39 is 0 Å². The summed E-state index contributed by atoms with van der Waals surface area (Å²) in [5, 5.41) is 3.75. The van der Waals surface area contributed by atoms with Gasteiger partial charge in [0.15, 0.2) is 0 Å². The van der Waals surface area contributed by atoms with Gasteiger partial charge in [0, 0.05) is 18.6 Å². The average molecular weight is 208 g/mol. The van der Waals surface area contributed by atoms with Crippen molar-refractivity contribution in [2.45, 2.75) is 51.1 Å². The van der Waals surface area contributed by atoms with Crippen LogP contribution in [0.15, 0.2) is 0 Å². The molecule has 1 N–H and O–H groups in total. The summed E-state index contributed by atoms with van der Waals surface area (Å²) in [5.74, 6) is 2.05. The van der Waals surface area contributed by atoms with Crippen LogP contribution in [0.2, 0.25) is 0 Å². The first kappa shape index (κ1) is 10.1. The highest BCUT2D eigenvalue weighted by Crippen LogP contribution is 2.40. The van der Waals surface area contributed by atoms with Crippen molar-refractivity contribution in [2.75, 3.05) is 19.6 Å². The summed E-state index contributed by atoms with van der Waals surface area (Å²) in [5.41, 5.74) is 0. The normalized spacial score (nSPS) is 42.6. The molecule has 0 spiro atoms. The molecule has 0 aromatic heterocycles. The van der Waals surface area contributed by atoms with Crippen LogP contribution in [0.4, 0.5) is 0 Å². The predicted molar refractivity (Wildman–Crippen MR) is 62.9 cm³/mol. The Bertz CT molecular complexity index is 225. The fraction of sp³-hybridized carbons (Fsp3) is 1.00. The Hall–Kier alpha value is -0.0800. The Kier molecular flexibility index (Phi) is 2.73. The maximum Gasteiger partial charge on any atom is 0.0223 e. The van der Waals surface area contributed by atoms with Gasteiger partial charge in [-0.3, -0.25) is 4.90 Å². The molecule has 15 heavy (non-hydrogen) atoms. The molecule has 3 rings (SSSR count). The van der Waals surface area contributed by atoms with Gasteiger partial charge in [-0.05, 0) is 50.6 Å². The molecule has 2 aliphatic carbocycles. The molecule has 3 fully saturated rings. The minimum atomic E-state index is 0.825. The van der Waals surface area contributed by atoms with Crippen LogP contribution in [-0.4, -0.2) is 36.6 Å². The molecule has 0 bridgehead atoms. The smallest absolute Gasteiger partial charge is 0.0223 e. The van der Waals surface area contributed by atoms with Crippen LogP contribution in [0.1, 0.15) is 39.0 Å². The third-order valence-corrected chi connectivity index (χ3v) is 4.53. The Morgan fingerprint density at radius 1 is 1.33 bits per heavy atom. The Morgan fingerprint density at radius 3 is 2.87 bits per heavy atom. The Morgan fingerprint density at radius 2 is 2.20 bits per heavy atom. The van der Waals surface area contributed by atoms with Crippen molar-refractivity contribution >= 4 is 0 Å². The van der Waals surface area contributed by atoms with E-state index in [2.05, 4.69) is 17.1 Å². The number of hydrogen-bond donors (Lipinski definition) is 1. The second kappa shape index (κ2) is 4.06. The summed E-state index contributed by atoms with van der Waals surface area (Å²) in [6.45, 7) is 6.28. The average Bonchev–Trinajstić information content (AvgIpc) is 3.11. The Labute approximate surface area is 93.4 Å². The molecule has 1 saturated heterocycles. The highest BCUT2D eigenvalue weighted by atomic mass is 15.2. The fourth-order valence-electron chi connectivity index (χ4n) is 3.21. The predicted octanol–water partition coefficient (Wildman–Crippen LogP) is 1.86. The van der Waals surface area contributed by atoms with Gasteiger partial charge in [-0.1, -0.05) is 13.3 Å². The molecule has 3 aliphatic rings. The van der Waals surface area contributed by atoms with Gasteiger partial charge in [-0.2, -0.15) is 0 Å². The van der Waals surface area contributed by atoms with Crippen molar-refractivity contribution in [1.82, 2.24) is 10.2 Å². The quantitative estimate of drug-likeness (QED) is 0.761. The van der Waals surface area contributed by atoms with Gasteiger partial charge in [-0.15, -0.1) is 0 Å². The molecule has 0 amide bonds. The van der Waals surface area contributed by atoms with E-state index >= 15 is 0 Å². The maximum absolute atomic E-state index is 3.75. The fourth-order valence-corrected chi connectivity index (χ4v) is 3.21. The third kappa shape index (κ3) is 2.21. The van der Waals surface area contributed by atoms with Crippen LogP contribution in [0.3, 0.4) is 0 Å². The van der Waals surface area contributed by atoms with Crippen molar-refractivity contribution in [3.8, 4) is 0 Å². The monoisotopic (exact) mass is 208 g/mol. The lowest BCUT2D eigenvalue weighted by Crippen LogP contribution is -2.40. The molecular weight excluding hydrogens is 184 g/mol. The van der Waals surface area contributed by atoms with E-state index in [1.807, 2.05) is 0 Å². The van der Waals surface area contributed by atoms with Crippen LogP contribution in [0.5, 0.6) is 0 Å². The lowest BCUT2D eigenvalue weighted by Gasteiger charge is -2.24. The molecule has 1 aliphatic heterocycles. The highest BCUT2D eigenvalue weighted by molar-refractivity contribution is 4.98. The molecule has 3 unspecified atom stereocenters. The molecule has 2 saturated carbocycles. The van der Waals surface area contributed by atoms with E-state index in [0.717, 1.165) is 23.9 Å². The van der Waals surface area contributed by atoms with Crippen molar-refractivity contribution < 1.29 is 0 Å². The van der Waals surface area contributed by atoms with Crippen molar-refractivity contribution in [3.05, 3.63) is 0 Å². The molecule has 2 nitrogen and oxygen atoms in total. The zero-order valence-corrected chi connectivity index (χ0v) is 9.91. The van der Waals surface area contributed by atoms with E-state index in [1.54, 1.807) is 0 Å². The molecule has 0 aromatic rings. The minimum Gasteiger partial charge on any atom is -0.312 e. The van der Waals surface area contributed by atoms with Gasteiger partial charge < -0.3 is 5.32 Å². The summed E-state index contributed by atoms with van der Waals surface area (Å²) in [6.07, 6.45) is 7.19. The van der Waals surface area contributed by atoms with E-state index in [9.17, 15) is 0 Å². The topological polar surface area (TPSA) is 15.3 Å². The summed E-state index contributed by atoms with van der Waals surface area (Å²) in [7, 11) is 0. The second-order valence-corrected chi connectivity index (χ2v) is 5.72. The van der Waals surface area contributed by atoms with Gasteiger partial charge >= 0.3 is 0 Å². The number of nitrogens with one attached hydrogen (secondary N) is 1. The van der Waals surface area contributed by atoms with Crippen LogP contribution >= 0.6 is 0 Å². The van der Waals surface area contributed by atoms with E-state index in [1.165, 1.54) is 51.7 Å². The minimum absolute atomic E-state index is 0.825. The van der Waals surface area contributed by atoms with E-state index in [-0.39, 0.29) is 0 Å². The van der Waals surface area contributed by atoms with Crippen molar-refractivity contribution in [3.63, 3.8) is 0 Å². The van der Waals surface area contributed by atoms with E-state index in [4.69, 9.17) is 0 Å². The first-order valence-electron chi connectivity index (χ1n) is 6.86. The van der Waals surface area contributed by atoms with Crippen LogP contribution < -0.4 is 5.32 Å². The molecule has 0 radical (unpaired) electrons. The SMILES string of the molecule is CCC1CC1N1CCCNC(C2CC2)C1. The van der Waals surface area contributed by atoms with Crippen LogP contribution in [-0.2, 0) is 0 Å². The first-order chi connectivity index (χ1) is 7.38. The van der Waals surface area contributed by atoms with Gasteiger partial charge in [0.05, 0.1) is 0 Å². The van der Waals surface area contributed by atoms with Crippen LogP contribution in [0.25, 0.3) is 0 Å². The van der Waals surface area contributed by atoms with Crippen molar-refractivity contribution in [1.29, 1.82) is 0 Å². The number of nitrogens with zero attached hydrogens (tertiary/aromatic N) is 1. The number of rotatable bonds is 3. The molecule has 2 heteroatoms. The van der Waals surface area contributed by atoms with Crippen LogP contribution in [0, 0.1) is 11.8 Å². The lowest BCUT2D eigenvalue weighted by atomic mass is 10.1. The summed E-state index contributed by atoms with van der Waals surface area (Å²) in [4.78, 5) is 2.79. The molecule has 0 aromatic carbocycles. The summed E-state index contributed by atoms with van der Waals surface area (Å²) < 4.78 is 0. The van der Waals surface area contributed by atoms with Crippen molar-refractivity contribution in [2.24, 2.45) is 11.8 Å². The molecule has 1 heterocycles. The first-order valence-corrected chi connectivity index (χ1v) is 6.86. The zero-order valence-electron chi connectivity index (χ0n) is 9.91. The molecule has 86 valence electrons.